The van der Waals surface area contributed by atoms with E-state index in [4.69, 9.17) is 17.3 Å². The molecular weight excluding hydrogens is 296 g/mol. The molecule has 0 saturated carbocycles. The molecule has 1 unspecified atom stereocenters. The second kappa shape index (κ2) is 5.83. The zero-order valence-electron chi connectivity index (χ0n) is 10.9. The number of hydrogen-bond acceptors (Lipinski definition) is 3. The number of sulfonamides is 1. The van der Waals surface area contributed by atoms with Crippen LogP contribution in [0.15, 0.2) is 53.4 Å². The number of rotatable bonds is 4. The molecule has 0 heterocycles. The zero-order valence-corrected chi connectivity index (χ0v) is 12.4. The molecular formula is C14H15ClN2O2S. The standard InChI is InChI=1S/C14H15ClN2O2S/c1-10(11-5-4-6-12(16)9-11)17-20(18,19)14-8-3-2-7-13(14)15/h2-10,17H,16H2,1H3. The van der Waals surface area contributed by atoms with Gasteiger partial charge in [0.2, 0.25) is 10.0 Å². The van der Waals surface area contributed by atoms with Crippen molar-refractivity contribution in [2.24, 2.45) is 0 Å². The van der Waals surface area contributed by atoms with Crippen molar-refractivity contribution in [2.75, 3.05) is 5.73 Å². The molecule has 0 radical (unpaired) electrons. The van der Waals surface area contributed by atoms with E-state index in [1.54, 1.807) is 43.3 Å². The first-order valence-corrected chi connectivity index (χ1v) is 7.88. The van der Waals surface area contributed by atoms with E-state index in [9.17, 15) is 8.42 Å². The van der Waals surface area contributed by atoms with E-state index in [0.717, 1.165) is 5.56 Å². The Morgan fingerprint density at radius 2 is 1.85 bits per heavy atom. The van der Waals surface area contributed by atoms with E-state index in [2.05, 4.69) is 4.72 Å². The molecule has 0 spiro atoms. The Balaban J connectivity index is 2.27. The molecule has 0 bridgehead atoms. The second-order valence-corrected chi connectivity index (χ2v) is 6.53. The number of benzene rings is 2. The van der Waals surface area contributed by atoms with Crippen LogP contribution in [0.3, 0.4) is 0 Å². The quantitative estimate of drug-likeness (QED) is 0.853. The summed E-state index contributed by atoms with van der Waals surface area (Å²) in [4.78, 5) is 0.0671. The first kappa shape index (κ1) is 14.8. The molecule has 3 N–H and O–H groups in total. The van der Waals surface area contributed by atoms with Crippen molar-refractivity contribution in [1.82, 2.24) is 4.72 Å². The van der Waals surface area contributed by atoms with E-state index < -0.39 is 16.1 Å². The minimum Gasteiger partial charge on any atom is -0.399 e. The van der Waals surface area contributed by atoms with Gasteiger partial charge in [-0.25, -0.2) is 13.1 Å². The predicted octanol–water partition coefficient (Wildman–Crippen LogP) is 2.96. The van der Waals surface area contributed by atoms with Gasteiger partial charge in [0.05, 0.1) is 5.02 Å². The van der Waals surface area contributed by atoms with Crippen LogP contribution in [-0.2, 0) is 10.0 Å². The predicted molar refractivity (Wildman–Crippen MR) is 81.0 cm³/mol. The molecule has 0 fully saturated rings. The lowest BCUT2D eigenvalue weighted by atomic mass is 10.1. The van der Waals surface area contributed by atoms with Gasteiger partial charge < -0.3 is 5.73 Å². The maximum Gasteiger partial charge on any atom is 0.242 e. The summed E-state index contributed by atoms with van der Waals surface area (Å²) in [5.74, 6) is 0. The summed E-state index contributed by atoms with van der Waals surface area (Å²) in [5, 5.41) is 0.194. The molecule has 2 rings (SSSR count). The summed E-state index contributed by atoms with van der Waals surface area (Å²) in [7, 11) is -3.67. The normalized spacial score (nSPS) is 13.1. The largest absolute Gasteiger partial charge is 0.399 e. The molecule has 6 heteroatoms. The summed E-state index contributed by atoms with van der Waals surface area (Å²) in [6, 6.07) is 13.0. The highest BCUT2D eigenvalue weighted by Gasteiger charge is 2.20. The first-order chi connectivity index (χ1) is 9.40. The van der Waals surface area contributed by atoms with Crippen molar-refractivity contribution < 1.29 is 8.42 Å². The van der Waals surface area contributed by atoms with Gasteiger partial charge in [-0.1, -0.05) is 35.9 Å². The molecule has 0 aliphatic carbocycles. The van der Waals surface area contributed by atoms with Crippen molar-refractivity contribution in [3.8, 4) is 0 Å². The van der Waals surface area contributed by atoms with Crippen LogP contribution >= 0.6 is 11.6 Å². The number of anilines is 1. The average Bonchev–Trinajstić information content (AvgIpc) is 2.38. The third kappa shape index (κ3) is 3.30. The molecule has 2 aromatic carbocycles. The Labute approximate surface area is 123 Å². The van der Waals surface area contributed by atoms with Crippen molar-refractivity contribution in [3.63, 3.8) is 0 Å². The van der Waals surface area contributed by atoms with Crippen molar-refractivity contribution in [2.45, 2.75) is 17.9 Å². The number of nitrogens with two attached hydrogens (primary N) is 1. The van der Waals surface area contributed by atoms with Crippen molar-refractivity contribution >= 4 is 27.3 Å². The van der Waals surface area contributed by atoms with Gasteiger partial charge in [-0.15, -0.1) is 0 Å². The van der Waals surface area contributed by atoms with E-state index in [1.807, 2.05) is 6.07 Å². The van der Waals surface area contributed by atoms with Crippen LogP contribution in [0.2, 0.25) is 5.02 Å². The highest BCUT2D eigenvalue weighted by Crippen LogP contribution is 2.23. The van der Waals surface area contributed by atoms with E-state index in [-0.39, 0.29) is 9.92 Å². The van der Waals surface area contributed by atoms with Gasteiger partial charge in [-0.05, 0) is 36.8 Å². The molecule has 0 aliphatic heterocycles. The van der Waals surface area contributed by atoms with Crippen LogP contribution in [0.5, 0.6) is 0 Å². The lowest BCUT2D eigenvalue weighted by molar-refractivity contribution is 0.567. The van der Waals surface area contributed by atoms with Gasteiger partial charge in [0.15, 0.2) is 0 Å². The minimum atomic E-state index is -3.67. The summed E-state index contributed by atoms with van der Waals surface area (Å²) >= 11 is 5.92. The number of hydrogen-bond donors (Lipinski definition) is 2. The van der Waals surface area contributed by atoms with Gasteiger partial charge in [-0.2, -0.15) is 0 Å². The molecule has 0 amide bonds. The molecule has 1 atom stereocenters. The van der Waals surface area contributed by atoms with E-state index in [0.29, 0.717) is 5.69 Å². The van der Waals surface area contributed by atoms with E-state index in [1.165, 1.54) is 6.07 Å². The zero-order chi connectivity index (χ0) is 14.8. The van der Waals surface area contributed by atoms with Gasteiger partial charge in [-0.3, -0.25) is 0 Å². The molecule has 106 valence electrons. The first-order valence-electron chi connectivity index (χ1n) is 6.02. The topological polar surface area (TPSA) is 72.2 Å². The Kier molecular flexibility index (Phi) is 4.32. The molecule has 0 saturated heterocycles. The fraction of sp³-hybridized carbons (Fsp3) is 0.143. The van der Waals surface area contributed by atoms with Crippen LogP contribution < -0.4 is 10.5 Å². The summed E-state index contributed by atoms with van der Waals surface area (Å²) in [5.41, 5.74) is 7.08. The van der Waals surface area contributed by atoms with Gasteiger partial charge in [0.1, 0.15) is 4.90 Å². The Bertz CT molecular complexity index is 717. The van der Waals surface area contributed by atoms with Crippen molar-refractivity contribution in [1.29, 1.82) is 0 Å². The monoisotopic (exact) mass is 310 g/mol. The number of nitrogen functional groups attached to an aromatic ring is 1. The highest BCUT2D eigenvalue weighted by molar-refractivity contribution is 7.89. The maximum absolute atomic E-state index is 12.3. The van der Waals surface area contributed by atoms with Gasteiger partial charge in [0.25, 0.3) is 0 Å². The van der Waals surface area contributed by atoms with Crippen LogP contribution in [-0.4, -0.2) is 8.42 Å². The van der Waals surface area contributed by atoms with Crippen LogP contribution in [0.1, 0.15) is 18.5 Å². The molecule has 0 aliphatic rings. The minimum absolute atomic E-state index is 0.0671. The lowest BCUT2D eigenvalue weighted by Crippen LogP contribution is -2.27. The third-order valence-corrected chi connectivity index (χ3v) is 4.91. The fourth-order valence-electron chi connectivity index (χ4n) is 1.86. The smallest absolute Gasteiger partial charge is 0.242 e. The summed E-state index contributed by atoms with van der Waals surface area (Å²) in [6.45, 7) is 1.75. The van der Waals surface area contributed by atoms with E-state index >= 15 is 0 Å². The molecule has 20 heavy (non-hydrogen) atoms. The third-order valence-electron chi connectivity index (χ3n) is 2.87. The highest BCUT2D eigenvalue weighted by atomic mass is 35.5. The molecule has 4 nitrogen and oxygen atoms in total. The lowest BCUT2D eigenvalue weighted by Gasteiger charge is -2.15. The SMILES string of the molecule is CC(NS(=O)(=O)c1ccccc1Cl)c1cccc(N)c1. The second-order valence-electron chi connectivity index (χ2n) is 4.44. The van der Waals surface area contributed by atoms with Gasteiger partial charge >= 0.3 is 0 Å². The summed E-state index contributed by atoms with van der Waals surface area (Å²) < 4.78 is 27.2. The van der Waals surface area contributed by atoms with Crippen LogP contribution in [0, 0.1) is 0 Å². The van der Waals surface area contributed by atoms with Crippen LogP contribution in [0.4, 0.5) is 5.69 Å². The average molecular weight is 311 g/mol. The number of halogens is 1. The molecule has 2 aromatic rings. The Morgan fingerprint density at radius 3 is 2.50 bits per heavy atom. The Morgan fingerprint density at radius 1 is 1.15 bits per heavy atom. The van der Waals surface area contributed by atoms with Gasteiger partial charge in [0, 0.05) is 11.7 Å². The maximum atomic E-state index is 12.3. The fourth-order valence-corrected chi connectivity index (χ4v) is 3.61. The Hall–Kier alpha value is -1.56. The van der Waals surface area contributed by atoms with Crippen LogP contribution in [0.25, 0.3) is 0 Å². The number of nitrogens with one attached hydrogen (secondary N) is 1. The van der Waals surface area contributed by atoms with Crippen molar-refractivity contribution in [3.05, 3.63) is 59.1 Å². The summed E-state index contributed by atoms with van der Waals surface area (Å²) in [6.07, 6.45) is 0. The molecule has 0 aromatic heterocycles.